The van der Waals surface area contributed by atoms with E-state index in [1.54, 1.807) is 18.2 Å². The summed E-state index contributed by atoms with van der Waals surface area (Å²) in [5.41, 5.74) is 4.40. The maximum atomic E-state index is 12.7. The standard InChI is InChI=1S/C23H16Cl2N2OS/c1-14-7-9-15(10-8-14)20-21(16-5-3-2-4-6-16)29-23(26-20)27-22(28)18-12-11-17(24)13-19(18)25/h2-13H,1H3,(H,26,27,28). The third-order valence-electron chi connectivity index (χ3n) is 4.38. The smallest absolute Gasteiger partial charge is 0.258 e. The van der Waals surface area contributed by atoms with E-state index in [4.69, 9.17) is 28.2 Å². The Morgan fingerprint density at radius 3 is 2.34 bits per heavy atom. The van der Waals surface area contributed by atoms with Gasteiger partial charge in [0.15, 0.2) is 5.13 Å². The average molecular weight is 439 g/mol. The summed E-state index contributed by atoms with van der Waals surface area (Å²) in [6.07, 6.45) is 0. The molecule has 0 aliphatic carbocycles. The van der Waals surface area contributed by atoms with Gasteiger partial charge in [0.05, 0.1) is 21.2 Å². The monoisotopic (exact) mass is 438 g/mol. The van der Waals surface area contributed by atoms with E-state index in [-0.39, 0.29) is 5.91 Å². The molecule has 0 aliphatic heterocycles. The first-order valence-corrected chi connectivity index (χ1v) is 10.5. The number of nitrogens with one attached hydrogen (secondary N) is 1. The average Bonchev–Trinajstić information content (AvgIpc) is 3.13. The van der Waals surface area contributed by atoms with Crippen molar-refractivity contribution in [1.82, 2.24) is 4.98 Å². The van der Waals surface area contributed by atoms with E-state index in [1.165, 1.54) is 16.9 Å². The fourth-order valence-corrected chi connectivity index (χ4v) is 4.39. The van der Waals surface area contributed by atoms with E-state index in [0.717, 1.165) is 21.7 Å². The molecule has 0 spiro atoms. The molecular formula is C23H16Cl2N2OS. The number of aromatic nitrogens is 1. The van der Waals surface area contributed by atoms with Gasteiger partial charge in [-0.25, -0.2) is 4.98 Å². The van der Waals surface area contributed by atoms with Gasteiger partial charge in [0.1, 0.15) is 0 Å². The van der Waals surface area contributed by atoms with Crippen LogP contribution < -0.4 is 5.32 Å². The molecule has 0 radical (unpaired) electrons. The van der Waals surface area contributed by atoms with Crippen LogP contribution in [0.1, 0.15) is 15.9 Å². The van der Waals surface area contributed by atoms with Gasteiger partial charge in [-0.05, 0) is 30.7 Å². The van der Waals surface area contributed by atoms with Crippen LogP contribution >= 0.6 is 34.5 Å². The second-order valence-corrected chi connectivity index (χ2v) is 8.35. The van der Waals surface area contributed by atoms with Crippen LogP contribution in [0.5, 0.6) is 0 Å². The topological polar surface area (TPSA) is 42.0 Å². The first-order chi connectivity index (χ1) is 14.0. The number of hydrogen-bond donors (Lipinski definition) is 1. The number of amides is 1. The first kappa shape index (κ1) is 19.6. The molecule has 0 saturated carbocycles. The number of halogens is 2. The zero-order valence-electron chi connectivity index (χ0n) is 15.4. The Kier molecular flexibility index (Phi) is 5.67. The molecule has 0 saturated heterocycles. The molecule has 0 bridgehead atoms. The Morgan fingerprint density at radius 1 is 0.931 bits per heavy atom. The van der Waals surface area contributed by atoms with Crippen molar-refractivity contribution >= 4 is 45.6 Å². The van der Waals surface area contributed by atoms with E-state index in [0.29, 0.717) is 20.7 Å². The fourth-order valence-electron chi connectivity index (χ4n) is 2.90. The Labute approximate surface area is 183 Å². The lowest BCUT2D eigenvalue weighted by molar-refractivity contribution is 0.102. The largest absolute Gasteiger partial charge is 0.298 e. The van der Waals surface area contributed by atoms with E-state index in [9.17, 15) is 4.79 Å². The minimum absolute atomic E-state index is 0.300. The molecule has 3 aromatic carbocycles. The summed E-state index contributed by atoms with van der Waals surface area (Å²) in [7, 11) is 0. The summed E-state index contributed by atoms with van der Waals surface area (Å²) in [5, 5.41) is 4.16. The maximum Gasteiger partial charge on any atom is 0.258 e. The third kappa shape index (κ3) is 4.35. The van der Waals surface area contributed by atoms with Crippen molar-refractivity contribution in [1.29, 1.82) is 0 Å². The van der Waals surface area contributed by atoms with E-state index >= 15 is 0 Å². The quantitative estimate of drug-likeness (QED) is 0.361. The number of hydrogen-bond acceptors (Lipinski definition) is 3. The Balaban J connectivity index is 1.73. The summed E-state index contributed by atoms with van der Waals surface area (Å²) in [6.45, 7) is 2.05. The minimum Gasteiger partial charge on any atom is -0.298 e. The summed E-state index contributed by atoms with van der Waals surface area (Å²) in [6, 6.07) is 23.0. The number of thiazole rings is 1. The maximum absolute atomic E-state index is 12.7. The first-order valence-electron chi connectivity index (χ1n) is 8.91. The Hall–Kier alpha value is -2.66. The van der Waals surface area contributed by atoms with E-state index < -0.39 is 0 Å². The highest BCUT2D eigenvalue weighted by molar-refractivity contribution is 7.19. The lowest BCUT2D eigenvalue weighted by atomic mass is 10.1. The highest BCUT2D eigenvalue weighted by Crippen LogP contribution is 2.39. The van der Waals surface area contributed by atoms with Crippen molar-refractivity contribution in [3.63, 3.8) is 0 Å². The lowest BCUT2D eigenvalue weighted by Gasteiger charge is -2.04. The van der Waals surface area contributed by atoms with Crippen molar-refractivity contribution in [3.05, 3.63) is 94.0 Å². The molecular weight excluding hydrogens is 423 g/mol. The predicted octanol–water partition coefficient (Wildman–Crippen LogP) is 7.34. The van der Waals surface area contributed by atoms with Gasteiger partial charge in [-0.15, -0.1) is 0 Å². The molecule has 1 heterocycles. The van der Waals surface area contributed by atoms with Gasteiger partial charge in [0.2, 0.25) is 0 Å². The molecule has 3 nitrogen and oxygen atoms in total. The van der Waals surface area contributed by atoms with Gasteiger partial charge in [-0.3, -0.25) is 10.1 Å². The zero-order valence-corrected chi connectivity index (χ0v) is 17.8. The summed E-state index contributed by atoms with van der Waals surface area (Å²) >= 11 is 13.5. The molecule has 4 rings (SSSR count). The molecule has 0 atom stereocenters. The number of carbonyl (C=O) groups excluding carboxylic acids is 1. The number of carbonyl (C=O) groups is 1. The minimum atomic E-state index is -0.324. The van der Waals surface area contributed by atoms with Gasteiger partial charge in [0.25, 0.3) is 5.91 Å². The molecule has 1 aromatic heterocycles. The van der Waals surface area contributed by atoms with Gasteiger partial charge in [0, 0.05) is 10.6 Å². The van der Waals surface area contributed by atoms with Crippen molar-refractivity contribution < 1.29 is 4.79 Å². The molecule has 1 amide bonds. The van der Waals surface area contributed by atoms with Crippen molar-refractivity contribution in [2.24, 2.45) is 0 Å². The van der Waals surface area contributed by atoms with Crippen LogP contribution in [-0.4, -0.2) is 10.9 Å². The van der Waals surface area contributed by atoms with Crippen LogP contribution in [0.15, 0.2) is 72.8 Å². The van der Waals surface area contributed by atoms with Gasteiger partial charge in [-0.2, -0.15) is 0 Å². The number of anilines is 1. The SMILES string of the molecule is Cc1ccc(-c2nc(NC(=O)c3ccc(Cl)cc3Cl)sc2-c2ccccc2)cc1. The molecule has 0 unspecified atom stereocenters. The molecule has 29 heavy (non-hydrogen) atoms. The van der Waals surface area contributed by atoms with Gasteiger partial charge >= 0.3 is 0 Å². The molecule has 4 aromatic rings. The summed E-state index contributed by atoms with van der Waals surface area (Å²) in [4.78, 5) is 18.4. The fraction of sp³-hybridized carbons (Fsp3) is 0.0435. The second kappa shape index (κ2) is 8.37. The number of nitrogens with zero attached hydrogens (tertiary/aromatic N) is 1. The van der Waals surface area contributed by atoms with Gasteiger partial charge in [-0.1, -0.05) is 94.7 Å². The van der Waals surface area contributed by atoms with E-state index in [2.05, 4.69) is 17.4 Å². The summed E-state index contributed by atoms with van der Waals surface area (Å²) < 4.78 is 0. The highest BCUT2D eigenvalue weighted by Gasteiger charge is 2.18. The Bertz CT molecular complexity index is 1170. The molecule has 6 heteroatoms. The number of benzene rings is 3. The van der Waals surface area contributed by atoms with Gasteiger partial charge < -0.3 is 0 Å². The molecule has 0 fully saturated rings. The zero-order chi connectivity index (χ0) is 20.4. The molecule has 1 N–H and O–H groups in total. The Morgan fingerprint density at radius 2 is 1.66 bits per heavy atom. The van der Waals surface area contributed by atoms with Crippen LogP contribution in [0.4, 0.5) is 5.13 Å². The normalized spacial score (nSPS) is 10.7. The highest BCUT2D eigenvalue weighted by atomic mass is 35.5. The van der Waals surface area contributed by atoms with E-state index in [1.807, 2.05) is 49.4 Å². The second-order valence-electron chi connectivity index (χ2n) is 6.51. The van der Waals surface area contributed by atoms with Crippen molar-refractivity contribution in [2.75, 3.05) is 5.32 Å². The number of rotatable bonds is 4. The van der Waals surface area contributed by atoms with Crippen LogP contribution in [-0.2, 0) is 0 Å². The predicted molar refractivity (Wildman–Crippen MR) is 122 cm³/mol. The third-order valence-corrected chi connectivity index (χ3v) is 5.95. The number of aryl methyl sites for hydroxylation is 1. The van der Waals surface area contributed by atoms with Crippen LogP contribution in [0.25, 0.3) is 21.7 Å². The lowest BCUT2D eigenvalue weighted by Crippen LogP contribution is -2.12. The molecule has 144 valence electrons. The van der Waals surface area contributed by atoms with Crippen molar-refractivity contribution in [3.8, 4) is 21.7 Å². The van der Waals surface area contributed by atoms with Crippen LogP contribution in [0.3, 0.4) is 0 Å². The molecule has 0 aliphatic rings. The summed E-state index contributed by atoms with van der Waals surface area (Å²) in [5.74, 6) is -0.324. The van der Waals surface area contributed by atoms with Crippen molar-refractivity contribution in [2.45, 2.75) is 6.92 Å². The van der Waals surface area contributed by atoms with Crippen LogP contribution in [0.2, 0.25) is 10.0 Å². The van der Waals surface area contributed by atoms with Crippen LogP contribution in [0, 0.1) is 6.92 Å².